The summed E-state index contributed by atoms with van der Waals surface area (Å²) in [5, 5.41) is 3.80. The molecular formula is C34H32N2O2. The minimum Gasteiger partial charge on any atom is -0.490 e. The Morgan fingerprint density at radius 1 is 0.868 bits per heavy atom. The molecule has 0 spiro atoms. The molecule has 1 heterocycles. The topological polar surface area (TPSA) is 42.8 Å². The van der Waals surface area contributed by atoms with Crippen LogP contribution in [0.25, 0.3) is 0 Å². The van der Waals surface area contributed by atoms with Gasteiger partial charge in [0, 0.05) is 17.8 Å². The standard InChI is InChI=1S/C34H32N2O2/c1-2-37-33-21-25(15-20-32(33)38-23-24-9-4-3-5-10-24)22-35-27-18-16-26(17-19-27)34-30-13-8-12-28(30)29-11-6-7-14-31(29)36-34/h3-12,14-22,28,30,34,36H,2,13,23H2,1H3/t28-,30-,34+/m1/s1. The van der Waals surface area contributed by atoms with E-state index in [1.165, 1.54) is 16.8 Å². The highest BCUT2D eigenvalue weighted by Crippen LogP contribution is 2.49. The fourth-order valence-corrected chi connectivity index (χ4v) is 5.52. The van der Waals surface area contributed by atoms with E-state index in [0.29, 0.717) is 31.1 Å². The second kappa shape index (κ2) is 11.0. The van der Waals surface area contributed by atoms with Crippen LogP contribution >= 0.6 is 0 Å². The van der Waals surface area contributed by atoms with Crippen molar-refractivity contribution in [2.75, 3.05) is 11.9 Å². The molecule has 0 aromatic heterocycles. The molecule has 6 rings (SSSR count). The first-order valence-electron chi connectivity index (χ1n) is 13.4. The van der Waals surface area contributed by atoms with Gasteiger partial charge in [-0.2, -0.15) is 0 Å². The van der Waals surface area contributed by atoms with Crippen molar-refractivity contribution in [3.8, 4) is 11.5 Å². The molecule has 190 valence electrons. The first-order chi connectivity index (χ1) is 18.8. The molecule has 0 radical (unpaired) electrons. The zero-order valence-corrected chi connectivity index (χ0v) is 21.6. The fraction of sp³-hybridized carbons (Fsp3) is 0.206. The van der Waals surface area contributed by atoms with Crippen molar-refractivity contribution in [3.05, 3.63) is 131 Å². The molecule has 0 saturated carbocycles. The lowest BCUT2D eigenvalue weighted by Gasteiger charge is -2.37. The smallest absolute Gasteiger partial charge is 0.161 e. The molecular weight excluding hydrogens is 468 g/mol. The summed E-state index contributed by atoms with van der Waals surface area (Å²) in [6.45, 7) is 3.05. The number of aliphatic imine (C=N–C) groups is 1. The van der Waals surface area contributed by atoms with Crippen LogP contribution < -0.4 is 14.8 Å². The highest BCUT2D eigenvalue weighted by Gasteiger charge is 2.37. The number of anilines is 1. The van der Waals surface area contributed by atoms with E-state index in [0.717, 1.165) is 34.7 Å². The highest BCUT2D eigenvalue weighted by atomic mass is 16.5. The van der Waals surface area contributed by atoms with Gasteiger partial charge in [0.2, 0.25) is 0 Å². The van der Waals surface area contributed by atoms with E-state index in [1.54, 1.807) is 0 Å². The van der Waals surface area contributed by atoms with E-state index in [1.807, 2.05) is 49.5 Å². The summed E-state index contributed by atoms with van der Waals surface area (Å²) in [7, 11) is 0. The van der Waals surface area contributed by atoms with Crippen LogP contribution in [0.5, 0.6) is 11.5 Å². The summed E-state index contributed by atoms with van der Waals surface area (Å²) in [4.78, 5) is 4.74. The van der Waals surface area contributed by atoms with Gasteiger partial charge in [0.05, 0.1) is 18.3 Å². The number of nitrogens with one attached hydrogen (secondary N) is 1. The SMILES string of the molecule is CCOc1cc(C=Nc2ccc([C@@H]3Nc4ccccc4[C@H]4C=CC[C@H]43)cc2)ccc1OCc1ccccc1. The van der Waals surface area contributed by atoms with Crippen molar-refractivity contribution in [1.29, 1.82) is 0 Å². The van der Waals surface area contributed by atoms with Gasteiger partial charge in [-0.25, -0.2) is 0 Å². The number of hydrogen-bond donors (Lipinski definition) is 1. The van der Waals surface area contributed by atoms with Crippen LogP contribution in [0.4, 0.5) is 11.4 Å². The minimum atomic E-state index is 0.292. The van der Waals surface area contributed by atoms with Gasteiger partial charge in [0.15, 0.2) is 11.5 Å². The van der Waals surface area contributed by atoms with E-state index in [2.05, 4.69) is 78.1 Å². The van der Waals surface area contributed by atoms with Crippen molar-refractivity contribution >= 4 is 17.6 Å². The number of allylic oxidation sites excluding steroid dienone is 2. The molecule has 0 amide bonds. The first kappa shape index (κ1) is 24.1. The molecule has 0 unspecified atom stereocenters. The zero-order chi connectivity index (χ0) is 25.7. The van der Waals surface area contributed by atoms with Crippen molar-refractivity contribution in [3.63, 3.8) is 0 Å². The molecule has 1 aliphatic carbocycles. The maximum absolute atomic E-state index is 6.04. The average Bonchev–Trinajstić information content (AvgIpc) is 3.47. The summed E-state index contributed by atoms with van der Waals surface area (Å²) in [6, 6.07) is 33.7. The highest BCUT2D eigenvalue weighted by molar-refractivity contribution is 5.83. The van der Waals surface area contributed by atoms with E-state index < -0.39 is 0 Å². The molecule has 2 aliphatic rings. The summed E-state index contributed by atoms with van der Waals surface area (Å²) in [5.41, 5.74) is 6.97. The zero-order valence-electron chi connectivity index (χ0n) is 21.6. The van der Waals surface area contributed by atoms with Crippen LogP contribution in [0, 0.1) is 5.92 Å². The van der Waals surface area contributed by atoms with Crippen LogP contribution in [0.1, 0.15) is 47.6 Å². The summed E-state index contributed by atoms with van der Waals surface area (Å²) < 4.78 is 11.9. The van der Waals surface area contributed by atoms with Gasteiger partial charge >= 0.3 is 0 Å². The first-order valence-corrected chi connectivity index (χ1v) is 13.4. The second-order valence-corrected chi connectivity index (χ2v) is 9.83. The molecule has 0 bridgehead atoms. The predicted octanol–water partition coefficient (Wildman–Crippen LogP) is 8.24. The van der Waals surface area contributed by atoms with Gasteiger partial charge in [0.1, 0.15) is 6.61 Å². The van der Waals surface area contributed by atoms with Gasteiger partial charge in [-0.1, -0.05) is 72.8 Å². The normalized spacial score (nSPS) is 19.6. The van der Waals surface area contributed by atoms with Crippen LogP contribution in [0.2, 0.25) is 0 Å². The van der Waals surface area contributed by atoms with Crippen molar-refractivity contribution in [2.24, 2.45) is 10.9 Å². The van der Waals surface area contributed by atoms with Gasteiger partial charge in [-0.15, -0.1) is 0 Å². The van der Waals surface area contributed by atoms with Crippen LogP contribution in [0.3, 0.4) is 0 Å². The lowest BCUT2D eigenvalue weighted by molar-refractivity contribution is 0.269. The summed E-state index contributed by atoms with van der Waals surface area (Å²) in [5.74, 6) is 2.48. The van der Waals surface area contributed by atoms with Crippen molar-refractivity contribution in [2.45, 2.75) is 31.9 Å². The predicted molar refractivity (Wildman–Crippen MR) is 155 cm³/mol. The van der Waals surface area contributed by atoms with Gasteiger partial charge in [-0.05, 0) is 77.9 Å². The molecule has 3 atom stereocenters. The maximum Gasteiger partial charge on any atom is 0.161 e. The van der Waals surface area contributed by atoms with E-state index in [4.69, 9.17) is 14.5 Å². The maximum atomic E-state index is 6.04. The molecule has 4 nitrogen and oxygen atoms in total. The second-order valence-electron chi connectivity index (χ2n) is 9.83. The van der Waals surface area contributed by atoms with Gasteiger partial charge < -0.3 is 14.8 Å². The van der Waals surface area contributed by atoms with E-state index >= 15 is 0 Å². The molecule has 4 aromatic carbocycles. The lowest BCUT2D eigenvalue weighted by atomic mass is 9.77. The molecule has 1 aliphatic heterocycles. The number of nitrogens with zero attached hydrogens (tertiary/aromatic N) is 1. The Morgan fingerprint density at radius 2 is 1.68 bits per heavy atom. The molecule has 0 saturated heterocycles. The number of para-hydroxylation sites is 1. The van der Waals surface area contributed by atoms with Crippen molar-refractivity contribution in [1.82, 2.24) is 0 Å². The largest absolute Gasteiger partial charge is 0.490 e. The number of hydrogen-bond acceptors (Lipinski definition) is 4. The fourth-order valence-electron chi connectivity index (χ4n) is 5.52. The van der Waals surface area contributed by atoms with Crippen LogP contribution in [0.15, 0.2) is 114 Å². The van der Waals surface area contributed by atoms with Crippen LogP contribution in [-0.2, 0) is 6.61 Å². The summed E-state index contributed by atoms with van der Waals surface area (Å²) in [6.07, 6.45) is 7.69. The van der Waals surface area contributed by atoms with E-state index in [-0.39, 0.29) is 0 Å². The Morgan fingerprint density at radius 3 is 2.53 bits per heavy atom. The Kier molecular flexibility index (Phi) is 6.95. The number of benzene rings is 4. The molecule has 1 N–H and O–H groups in total. The molecule has 4 aromatic rings. The minimum absolute atomic E-state index is 0.292. The lowest BCUT2D eigenvalue weighted by Crippen LogP contribution is -2.28. The monoisotopic (exact) mass is 500 g/mol. The Bertz CT molecular complexity index is 1440. The van der Waals surface area contributed by atoms with E-state index in [9.17, 15) is 0 Å². The van der Waals surface area contributed by atoms with Gasteiger partial charge in [-0.3, -0.25) is 4.99 Å². The third-order valence-corrected chi connectivity index (χ3v) is 7.39. The Labute approximate surface area is 224 Å². The number of ether oxygens (including phenoxy) is 2. The molecule has 0 fully saturated rings. The Balaban J connectivity index is 1.15. The summed E-state index contributed by atoms with van der Waals surface area (Å²) >= 11 is 0. The van der Waals surface area contributed by atoms with Crippen LogP contribution in [-0.4, -0.2) is 12.8 Å². The third kappa shape index (κ3) is 5.08. The quantitative estimate of drug-likeness (QED) is 0.196. The molecule has 4 heteroatoms. The number of rotatable bonds is 8. The molecule has 38 heavy (non-hydrogen) atoms. The third-order valence-electron chi connectivity index (χ3n) is 7.39. The average molecular weight is 501 g/mol. The Hall–Kier alpha value is -4.31. The van der Waals surface area contributed by atoms with Gasteiger partial charge in [0.25, 0.3) is 0 Å². The number of fused-ring (bicyclic) bond motifs is 3. The van der Waals surface area contributed by atoms with Crippen molar-refractivity contribution < 1.29 is 9.47 Å².